The number of rotatable bonds is 7. The summed E-state index contributed by atoms with van der Waals surface area (Å²) in [4.78, 5) is 4.48. The van der Waals surface area contributed by atoms with Crippen LogP contribution in [-0.2, 0) is 0 Å². The Morgan fingerprint density at radius 2 is 2.16 bits per heavy atom. The highest BCUT2D eigenvalue weighted by Gasteiger charge is 2.15. The number of aromatic nitrogens is 1. The van der Waals surface area contributed by atoms with Crippen molar-refractivity contribution in [3.63, 3.8) is 0 Å². The van der Waals surface area contributed by atoms with Crippen molar-refractivity contribution < 1.29 is 5.11 Å². The second-order valence-corrected chi connectivity index (χ2v) is 4.85. The van der Waals surface area contributed by atoms with Crippen LogP contribution in [0.25, 0.3) is 0 Å². The van der Waals surface area contributed by atoms with Crippen LogP contribution in [0.2, 0.25) is 0 Å². The highest BCUT2D eigenvalue weighted by atomic mass is 16.3. The molecule has 0 unspecified atom stereocenters. The van der Waals surface area contributed by atoms with E-state index in [1.165, 1.54) is 0 Å². The first-order valence-electron chi connectivity index (χ1n) is 6.64. The summed E-state index contributed by atoms with van der Waals surface area (Å²) >= 11 is 0. The Morgan fingerprint density at radius 1 is 1.47 bits per heavy atom. The fraction of sp³-hybridized carbons (Fsp3) is 0.571. The summed E-state index contributed by atoms with van der Waals surface area (Å²) in [6, 6.07) is 2.00. The van der Waals surface area contributed by atoms with E-state index in [2.05, 4.69) is 29.5 Å². The normalized spacial score (nSPS) is 10.6. The van der Waals surface area contributed by atoms with E-state index in [0.29, 0.717) is 24.6 Å². The summed E-state index contributed by atoms with van der Waals surface area (Å²) in [6.07, 6.45) is 0.693. The minimum Gasteiger partial charge on any atom is -0.396 e. The molecule has 4 N–H and O–H groups in total. The van der Waals surface area contributed by atoms with E-state index in [1.54, 1.807) is 6.92 Å². The second kappa shape index (κ2) is 7.09. The molecule has 1 heterocycles. The third-order valence-corrected chi connectivity index (χ3v) is 2.92. The number of hydrogen-bond donors (Lipinski definition) is 4. The number of nitrogens with zero attached hydrogens (tertiary/aromatic N) is 1. The van der Waals surface area contributed by atoms with Gasteiger partial charge in [-0.1, -0.05) is 13.8 Å². The van der Waals surface area contributed by atoms with Gasteiger partial charge in [-0.2, -0.15) is 0 Å². The Balaban J connectivity index is 3.17. The summed E-state index contributed by atoms with van der Waals surface area (Å²) in [6.45, 7) is 6.85. The molecule has 0 aliphatic carbocycles. The van der Waals surface area contributed by atoms with Crippen molar-refractivity contribution >= 4 is 17.3 Å². The Hall–Kier alpha value is -1.62. The minimum absolute atomic E-state index is 0.167. The van der Waals surface area contributed by atoms with Gasteiger partial charge >= 0.3 is 0 Å². The van der Waals surface area contributed by atoms with Crippen molar-refractivity contribution in [1.82, 2.24) is 4.98 Å². The molecule has 19 heavy (non-hydrogen) atoms. The monoisotopic (exact) mass is 264 g/mol. The molecule has 0 saturated heterocycles. The van der Waals surface area contributed by atoms with Crippen LogP contribution >= 0.6 is 0 Å². The van der Waals surface area contributed by atoms with Crippen molar-refractivity contribution in [2.24, 2.45) is 0 Å². The minimum atomic E-state index is 0.167. The van der Waals surface area contributed by atoms with Gasteiger partial charge in [0.1, 0.15) is 11.6 Å². The molecule has 1 aromatic heterocycles. The molecule has 106 valence electrons. The molecule has 0 atom stereocenters. The molecule has 0 radical (unpaired) electrons. The first kappa shape index (κ1) is 15.4. The number of aliphatic hydroxyl groups excluding tert-OH is 1. The molecule has 5 nitrogen and oxygen atoms in total. The molecule has 0 bridgehead atoms. The Kier molecular flexibility index (Phi) is 5.76. The Labute approximate surface area is 115 Å². The molecule has 0 aromatic carbocycles. The fourth-order valence-corrected chi connectivity index (χ4v) is 1.98. The third kappa shape index (κ3) is 3.92. The van der Waals surface area contributed by atoms with Crippen LogP contribution in [0.5, 0.6) is 0 Å². The number of anilines is 2. The van der Waals surface area contributed by atoms with Gasteiger partial charge in [-0.3, -0.25) is 0 Å². The van der Waals surface area contributed by atoms with E-state index in [4.69, 9.17) is 10.5 Å². The van der Waals surface area contributed by atoms with Crippen LogP contribution in [0, 0.1) is 5.41 Å². The number of aliphatic hydroxyl groups is 1. The maximum absolute atomic E-state index is 8.80. The summed E-state index contributed by atoms with van der Waals surface area (Å²) in [7, 11) is 1.82. The van der Waals surface area contributed by atoms with E-state index in [0.717, 1.165) is 22.8 Å². The lowest BCUT2D eigenvalue weighted by Crippen LogP contribution is -2.12. The molecule has 0 amide bonds. The van der Waals surface area contributed by atoms with Crippen molar-refractivity contribution in [1.29, 1.82) is 5.41 Å². The van der Waals surface area contributed by atoms with Crippen LogP contribution in [0.3, 0.4) is 0 Å². The SMILES string of the molecule is CNc1nc(NCCCO)cc(C(C)C)c1C(C)=N. The van der Waals surface area contributed by atoms with Gasteiger partial charge in [-0.05, 0) is 30.9 Å². The molecule has 0 aliphatic heterocycles. The average Bonchev–Trinajstić information content (AvgIpc) is 2.37. The molecular formula is C14H24N4O. The van der Waals surface area contributed by atoms with Gasteiger partial charge < -0.3 is 21.1 Å². The van der Waals surface area contributed by atoms with Crippen LogP contribution in [-0.4, -0.2) is 36.0 Å². The number of pyridine rings is 1. The van der Waals surface area contributed by atoms with E-state index in [-0.39, 0.29) is 6.61 Å². The standard InChI is InChI=1S/C14H24N4O/c1-9(2)11-8-12(17-6-5-7-19)18-14(16-4)13(11)10(3)15/h8-9,15,19H,5-7H2,1-4H3,(H2,16,17,18). The lowest BCUT2D eigenvalue weighted by molar-refractivity contribution is 0.292. The van der Waals surface area contributed by atoms with E-state index < -0.39 is 0 Å². The molecule has 5 heteroatoms. The average molecular weight is 264 g/mol. The van der Waals surface area contributed by atoms with Gasteiger partial charge in [0.15, 0.2) is 0 Å². The first-order chi connectivity index (χ1) is 9.01. The van der Waals surface area contributed by atoms with Crippen molar-refractivity contribution in [3.05, 3.63) is 17.2 Å². The van der Waals surface area contributed by atoms with Crippen molar-refractivity contribution in [2.45, 2.75) is 33.1 Å². The fourth-order valence-electron chi connectivity index (χ4n) is 1.98. The van der Waals surface area contributed by atoms with Crippen molar-refractivity contribution in [3.8, 4) is 0 Å². The second-order valence-electron chi connectivity index (χ2n) is 4.85. The lowest BCUT2D eigenvalue weighted by atomic mass is 9.95. The van der Waals surface area contributed by atoms with E-state index >= 15 is 0 Å². The van der Waals surface area contributed by atoms with Crippen LogP contribution in [0.4, 0.5) is 11.6 Å². The Bertz CT molecular complexity index is 443. The number of nitrogens with one attached hydrogen (secondary N) is 3. The largest absolute Gasteiger partial charge is 0.396 e. The van der Waals surface area contributed by atoms with Gasteiger partial charge in [0.25, 0.3) is 0 Å². The number of hydrogen-bond acceptors (Lipinski definition) is 5. The summed E-state index contributed by atoms with van der Waals surface area (Å²) < 4.78 is 0. The molecule has 0 fully saturated rings. The van der Waals surface area contributed by atoms with E-state index in [1.807, 2.05) is 13.1 Å². The molecule has 0 aliphatic rings. The van der Waals surface area contributed by atoms with Gasteiger partial charge in [0.05, 0.1) is 0 Å². The predicted octanol–water partition coefficient (Wildman–Crippen LogP) is 2.43. The highest BCUT2D eigenvalue weighted by molar-refractivity contribution is 6.02. The first-order valence-corrected chi connectivity index (χ1v) is 6.64. The molecule has 1 aromatic rings. The zero-order valence-electron chi connectivity index (χ0n) is 12.2. The van der Waals surface area contributed by atoms with Gasteiger partial charge in [0.2, 0.25) is 0 Å². The maximum Gasteiger partial charge on any atom is 0.137 e. The summed E-state index contributed by atoms with van der Waals surface area (Å²) in [5, 5.41) is 23.0. The van der Waals surface area contributed by atoms with Crippen LogP contribution < -0.4 is 10.6 Å². The van der Waals surface area contributed by atoms with Gasteiger partial charge in [-0.25, -0.2) is 4.98 Å². The predicted molar refractivity (Wildman–Crippen MR) is 80.6 cm³/mol. The molecular weight excluding hydrogens is 240 g/mol. The Morgan fingerprint density at radius 3 is 2.63 bits per heavy atom. The topological polar surface area (TPSA) is 81.0 Å². The van der Waals surface area contributed by atoms with Gasteiger partial charge in [-0.15, -0.1) is 0 Å². The third-order valence-electron chi connectivity index (χ3n) is 2.92. The molecule has 0 spiro atoms. The lowest BCUT2D eigenvalue weighted by Gasteiger charge is -2.18. The van der Waals surface area contributed by atoms with E-state index in [9.17, 15) is 0 Å². The smallest absolute Gasteiger partial charge is 0.137 e. The maximum atomic E-state index is 8.80. The summed E-state index contributed by atoms with van der Waals surface area (Å²) in [5.74, 6) is 1.83. The highest BCUT2D eigenvalue weighted by Crippen LogP contribution is 2.28. The van der Waals surface area contributed by atoms with Gasteiger partial charge in [0, 0.05) is 31.5 Å². The quantitative estimate of drug-likeness (QED) is 0.450. The molecule has 0 saturated carbocycles. The van der Waals surface area contributed by atoms with Crippen molar-refractivity contribution in [2.75, 3.05) is 30.8 Å². The van der Waals surface area contributed by atoms with Crippen LogP contribution in [0.15, 0.2) is 6.07 Å². The zero-order valence-corrected chi connectivity index (χ0v) is 12.2. The summed E-state index contributed by atoms with van der Waals surface area (Å²) in [5.41, 5.74) is 2.51. The van der Waals surface area contributed by atoms with Crippen LogP contribution in [0.1, 0.15) is 44.2 Å². The molecule has 1 rings (SSSR count). The zero-order chi connectivity index (χ0) is 14.4.